The van der Waals surface area contributed by atoms with Gasteiger partial charge in [-0.2, -0.15) is 0 Å². The average molecular weight is 290 g/mol. The molecule has 2 heterocycles. The lowest BCUT2D eigenvalue weighted by Gasteiger charge is -2.17. The fraction of sp³-hybridized carbons (Fsp3) is 0.400. The second kappa shape index (κ2) is 6.24. The molecule has 1 atom stereocenters. The van der Waals surface area contributed by atoms with Crippen LogP contribution in [0.15, 0.2) is 29.8 Å². The Morgan fingerprint density at radius 1 is 1.30 bits per heavy atom. The molecule has 0 spiro atoms. The molecule has 0 amide bonds. The number of hydrogen-bond acceptors (Lipinski definition) is 5. The van der Waals surface area contributed by atoms with Crippen LogP contribution in [0.5, 0.6) is 11.5 Å². The highest BCUT2D eigenvalue weighted by Crippen LogP contribution is 2.34. The van der Waals surface area contributed by atoms with Crippen LogP contribution in [-0.2, 0) is 0 Å². The summed E-state index contributed by atoms with van der Waals surface area (Å²) in [7, 11) is 0. The van der Waals surface area contributed by atoms with Gasteiger partial charge in [0.2, 0.25) is 0 Å². The predicted octanol–water partition coefficient (Wildman–Crippen LogP) is 3.00. The van der Waals surface area contributed by atoms with Gasteiger partial charge in [0.1, 0.15) is 5.01 Å². The summed E-state index contributed by atoms with van der Waals surface area (Å²) in [4.78, 5) is 4.43. The molecule has 0 saturated heterocycles. The summed E-state index contributed by atoms with van der Waals surface area (Å²) in [6.45, 7) is 4.41. The van der Waals surface area contributed by atoms with E-state index in [4.69, 9.17) is 9.47 Å². The Bertz CT molecular complexity index is 557. The molecule has 4 nitrogen and oxygen atoms in total. The molecule has 3 rings (SSSR count). The molecule has 1 aliphatic rings. The first-order valence-corrected chi connectivity index (χ1v) is 7.78. The Kier molecular flexibility index (Phi) is 4.18. The first kappa shape index (κ1) is 13.4. The van der Waals surface area contributed by atoms with Crippen LogP contribution in [-0.4, -0.2) is 24.7 Å². The Morgan fingerprint density at radius 3 is 2.90 bits per heavy atom. The van der Waals surface area contributed by atoms with Gasteiger partial charge >= 0.3 is 0 Å². The SMILES string of the molecule is CCNC(c1ccc2c(c1)OCCCO2)c1nccs1. The summed E-state index contributed by atoms with van der Waals surface area (Å²) in [5.74, 6) is 1.67. The van der Waals surface area contributed by atoms with Crippen LogP contribution in [0.4, 0.5) is 0 Å². The van der Waals surface area contributed by atoms with Crippen LogP contribution in [0.1, 0.15) is 30.0 Å². The van der Waals surface area contributed by atoms with E-state index in [0.29, 0.717) is 6.61 Å². The molecule has 106 valence electrons. The number of hydrogen-bond donors (Lipinski definition) is 1. The van der Waals surface area contributed by atoms with Crippen molar-refractivity contribution in [2.75, 3.05) is 19.8 Å². The Balaban J connectivity index is 1.93. The lowest BCUT2D eigenvalue weighted by molar-refractivity contribution is 0.297. The van der Waals surface area contributed by atoms with Gasteiger partial charge in [-0.15, -0.1) is 11.3 Å². The van der Waals surface area contributed by atoms with Crippen LogP contribution in [0.3, 0.4) is 0 Å². The van der Waals surface area contributed by atoms with Crippen molar-refractivity contribution in [1.82, 2.24) is 10.3 Å². The Labute approximate surface area is 122 Å². The third-order valence-electron chi connectivity index (χ3n) is 3.21. The van der Waals surface area contributed by atoms with Gasteiger partial charge in [0.25, 0.3) is 0 Å². The van der Waals surface area contributed by atoms with Crippen molar-refractivity contribution in [2.45, 2.75) is 19.4 Å². The van der Waals surface area contributed by atoms with E-state index in [-0.39, 0.29) is 6.04 Å². The molecule has 0 fully saturated rings. The van der Waals surface area contributed by atoms with Crippen LogP contribution in [0, 0.1) is 0 Å². The van der Waals surface area contributed by atoms with Crippen molar-refractivity contribution in [1.29, 1.82) is 0 Å². The number of nitrogens with zero attached hydrogens (tertiary/aromatic N) is 1. The monoisotopic (exact) mass is 290 g/mol. The molecule has 20 heavy (non-hydrogen) atoms. The van der Waals surface area contributed by atoms with E-state index in [9.17, 15) is 0 Å². The number of aromatic nitrogens is 1. The van der Waals surface area contributed by atoms with E-state index in [1.54, 1.807) is 11.3 Å². The molecule has 1 aromatic carbocycles. The van der Waals surface area contributed by atoms with Gasteiger partial charge in [-0.25, -0.2) is 4.98 Å². The second-order valence-electron chi connectivity index (χ2n) is 4.62. The predicted molar refractivity (Wildman–Crippen MR) is 79.7 cm³/mol. The Hall–Kier alpha value is -1.59. The highest BCUT2D eigenvalue weighted by atomic mass is 32.1. The van der Waals surface area contributed by atoms with Gasteiger partial charge < -0.3 is 14.8 Å². The largest absolute Gasteiger partial charge is 0.490 e. The maximum Gasteiger partial charge on any atom is 0.161 e. The summed E-state index contributed by atoms with van der Waals surface area (Å²) < 4.78 is 11.4. The molecule has 0 saturated carbocycles. The zero-order valence-electron chi connectivity index (χ0n) is 11.5. The van der Waals surface area contributed by atoms with Gasteiger partial charge in [-0.1, -0.05) is 13.0 Å². The number of nitrogens with one attached hydrogen (secondary N) is 1. The minimum atomic E-state index is 0.108. The van der Waals surface area contributed by atoms with Crippen molar-refractivity contribution in [3.8, 4) is 11.5 Å². The standard InChI is InChI=1S/C15H18N2O2S/c1-2-16-14(15-17-6-9-20-15)11-4-5-12-13(10-11)19-8-3-7-18-12/h4-6,9-10,14,16H,2-3,7-8H2,1H3. The molecule has 1 aliphatic heterocycles. The molecule has 1 unspecified atom stereocenters. The molecule has 1 N–H and O–H groups in total. The number of benzene rings is 1. The van der Waals surface area contributed by atoms with E-state index in [1.807, 2.05) is 17.6 Å². The lowest BCUT2D eigenvalue weighted by Crippen LogP contribution is -2.21. The highest BCUT2D eigenvalue weighted by molar-refractivity contribution is 7.09. The molecule has 1 aromatic heterocycles. The molecule has 2 aromatic rings. The van der Waals surface area contributed by atoms with Crippen molar-refractivity contribution in [3.05, 3.63) is 40.3 Å². The van der Waals surface area contributed by atoms with E-state index >= 15 is 0 Å². The molecular formula is C15H18N2O2S. The zero-order chi connectivity index (χ0) is 13.8. The van der Waals surface area contributed by atoms with Gasteiger partial charge in [0.15, 0.2) is 11.5 Å². The maximum atomic E-state index is 5.76. The topological polar surface area (TPSA) is 43.4 Å². The van der Waals surface area contributed by atoms with Crippen LogP contribution in [0.25, 0.3) is 0 Å². The van der Waals surface area contributed by atoms with Crippen LogP contribution < -0.4 is 14.8 Å². The van der Waals surface area contributed by atoms with Crippen molar-refractivity contribution < 1.29 is 9.47 Å². The van der Waals surface area contributed by atoms with Crippen LogP contribution in [0.2, 0.25) is 0 Å². The zero-order valence-corrected chi connectivity index (χ0v) is 12.3. The third-order valence-corrected chi connectivity index (χ3v) is 4.05. The average Bonchev–Trinajstić information content (AvgIpc) is 2.89. The van der Waals surface area contributed by atoms with Crippen molar-refractivity contribution in [2.24, 2.45) is 0 Å². The quantitative estimate of drug-likeness (QED) is 0.940. The summed E-state index contributed by atoms with van der Waals surface area (Å²) in [5.41, 5.74) is 1.16. The number of fused-ring (bicyclic) bond motifs is 1. The fourth-order valence-corrected chi connectivity index (χ4v) is 3.03. The summed E-state index contributed by atoms with van der Waals surface area (Å²) in [5, 5.41) is 6.55. The minimum Gasteiger partial charge on any atom is -0.490 e. The fourth-order valence-electron chi connectivity index (χ4n) is 2.29. The highest BCUT2D eigenvalue weighted by Gasteiger charge is 2.18. The van der Waals surface area contributed by atoms with Crippen LogP contribution >= 0.6 is 11.3 Å². The van der Waals surface area contributed by atoms with E-state index in [0.717, 1.165) is 41.6 Å². The van der Waals surface area contributed by atoms with E-state index < -0.39 is 0 Å². The summed E-state index contributed by atoms with van der Waals surface area (Å²) >= 11 is 1.66. The van der Waals surface area contributed by atoms with E-state index in [2.05, 4.69) is 29.4 Å². The molecular weight excluding hydrogens is 272 g/mol. The summed E-state index contributed by atoms with van der Waals surface area (Å²) in [6.07, 6.45) is 2.76. The van der Waals surface area contributed by atoms with Gasteiger partial charge in [0, 0.05) is 18.0 Å². The second-order valence-corrected chi connectivity index (χ2v) is 5.54. The molecule has 5 heteroatoms. The first-order valence-electron chi connectivity index (χ1n) is 6.91. The normalized spacial score (nSPS) is 15.7. The van der Waals surface area contributed by atoms with Gasteiger partial charge in [0.05, 0.1) is 19.3 Å². The summed E-state index contributed by atoms with van der Waals surface area (Å²) in [6, 6.07) is 6.25. The molecule has 0 radical (unpaired) electrons. The number of thiazole rings is 1. The van der Waals surface area contributed by atoms with Crippen molar-refractivity contribution in [3.63, 3.8) is 0 Å². The third kappa shape index (κ3) is 2.78. The first-order chi connectivity index (χ1) is 9.88. The number of rotatable bonds is 4. The number of ether oxygens (including phenoxy) is 2. The van der Waals surface area contributed by atoms with E-state index in [1.165, 1.54) is 0 Å². The Morgan fingerprint density at radius 2 is 2.15 bits per heavy atom. The van der Waals surface area contributed by atoms with Gasteiger partial charge in [-0.3, -0.25) is 0 Å². The minimum absolute atomic E-state index is 0.108. The smallest absolute Gasteiger partial charge is 0.161 e. The van der Waals surface area contributed by atoms with Gasteiger partial charge in [-0.05, 0) is 24.2 Å². The maximum absolute atomic E-state index is 5.76. The molecule has 0 bridgehead atoms. The van der Waals surface area contributed by atoms with Crippen molar-refractivity contribution >= 4 is 11.3 Å². The lowest BCUT2D eigenvalue weighted by atomic mass is 10.1. The molecule has 0 aliphatic carbocycles.